The van der Waals surface area contributed by atoms with Crippen LogP contribution >= 0.6 is 0 Å². The Labute approximate surface area is 424 Å². The molecular formula is C54H54F2N10O8. The summed E-state index contributed by atoms with van der Waals surface area (Å²) in [5.41, 5.74) is 1.13. The van der Waals surface area contributed by atoms with Crippen LogP contribution in [0.25, 0.3) is 32.9 Å². The molecule has 382 valence electrons. The first-order valence-electron chi connectivity index (χ1n) is 25.0. The van der Waals surface area contributed by atoms with Crippen LogP contribution in [0.2, 0.25) is 0 Å². The van der Waals surface area contributed by atoms with Crippen LogP contribution in [0.1, 0.15) is 84.1 Å². The monoisotopic (exact) mass is 1010 g/mol. The molecule has 5 amide bonds. The molecule has 20 heteroatoms. The number of halogens is 2. The van der Waals surface area contributed by atoms with Gasteiger partial charge in [0.2, 0.25) is 11.8 Å². The van der Waals surface area contributed by atoms with Crippen molar-refractivity contribution in [3.05, 3.63) is 89.1 Å². The highest BCUT2D eigenvalue weighted by molar-refractivity contribution is 6.25. The largest absolute Gasteiger partial charge is 0.508 e. The van der Waals surface area contributed by atoms with E-state index in [1.165, 1.54) is 35.4 Å². The number of piperazine rings is 1. The van der Waals surface area contributed by atoms with Gasteiger partial charge in [0.15, 0.2) is 5.82 Å². The normalized spacial score (nSPS) is 23.4. The lowest BCUT2D eigenvalue weighted by atomic mass is 9.94. The number of rotatable bonds is 14. The van der Waals surface area contributed by atoms with Gasteiger partial charge in [-0.25, -0.2) is 13.6 Å². The number of ether oxygens (including phenoxy) is 2. The van der Waals surface area contributed by atoms with Crippen LogP contribution in [0.5, 0.6) is 11.8 Å². The Morgan fingerprint density at radius 3 is 2.64 bits per heavy atom. The van der Waals surface area contributed by atoms with Crippen molar-refractivity contribution in [2.45, 2.75) is 87.5 Å². The molecular weight excluding hydrogens is 955 g/mol. The number of amides is 5. The quantitative estimate of drug-likeness (QED) is 0.0458. The Balaban J connectivity index is 0.742. The summed E-state index contributed by atoms with van der Waals surface area (Å²) in [6, 6.07) is 9.57. The highest BCUT2D eigenvalue weighted by atomic mass is 19.1. The van der Waals surface area contributed by atoms with Gasteiger partial charge in [0.1, 0.15) is 47.9 Å². The number of imide groups is 2. The molecule has 2 bridgehead atoms. The highest BCUT2D eigenvalue weighted by Gasteiger charge is 2.52. The van der Waals surface area contributed by atoms with Crippen LogP contribution in [0.4, 0.5) is 25.1 Å². The third-order valence-electron chi connectivity index (χ3n) is 15.5. The number of nitrogens with zero attached hydrogens (tertiary/aromatic N) is 7. The molecule has 6 aliphatic rings. The van der Waals surface area contributed by atoms with Crippen molar-refractivity contribution in [2.24, 2.45) is 0 Å². The molecule has 2 aromatic heterocycles. The predicted molar refractivity (Wildman–Crippen MR) is 268 cm³/mol. The standard InChI is InChI=1S/C54H54F2N10O8/c1-4-35-39(55)13-10-30-20-34(67)21-37(43(30)35)46-45(56)47-38(23-58-46)48(64-25-31-11-12-32(26-64)59-31)62-52(61-47)74-28-54-17-16-33(65(54)24-29(2)22-54)27-73-53(72)63(3)19-6-5-18-57-40-9-7-8-36-44(40)51(71)66(50(36)70)41-14-15-42(68)60-49(41)69/h1,7-10,13,20-21,23,31-33,41,57,59,67H,2,5-6,11-12,14-19,22,24-28H2,3H3,(H,60,68,69)/t31?,32?,33-,41?,54-/m0/s1. The van der Waals surface area contributed by atoms with Gasteiger partial charge in [0.05, 0.1) is 27.6 Å². The number of aromatic nitrogens is 3. The van der Waals surface area contributed by atoms with E-state index in [0.717, 1.165) is 29.7 Å². The molecule has 3 aromatic carbocycles. The van der Waals surface area contributed by atoms with E-state index in [1.54, 1.807) is 25.2 Å². The van der Waals surface area contributed by atoms with Crippen LogP contribution < -0.4 is 25.6 Å². The van der Waals surface area contributed by atoms with Crippen LogP contribution in [0, 0.1) is 24.0 Å². The van der Waals surface area contributed by atoms with E-state index in [1.807, 2.05) is 0 Å². The molecule has 4 N–H and O–H groups in total. The number of phenols is 1. The van der Waals surface area contributed by atoms with Gasteiger partial charge in [-0.2, -0.15) is 9.97 Å². The van der Waals surface area contributed by atoms with Gasteiger partial charge in [-0.3, -0.25) is 39.3 Å². The molecule has 0 spiro atoms. The van der Waals surface area contributed by atoms with E-state index in [9.17, 15) is 29.1 Å². The first kappa shape index (κ1) is 48.5. The zero-order valence-corrected chi connectivity index (χ0v) is 40.7. The average Bonchev–Trinajstić information content (AvgIpc) is 4.09. The van der Waals surface area contributed by atoms with E-state index in [4.69, 9.17) is 20.9 Å². The first-order valence-corrected chi connectivity index (χ1v) is 25.0. The summed E-state index contributed by atoms with van der Waals surface area (Å²) in [6.07, 6.45) is 12.2. The minimum atomic E-state index is -1.06. The topological polar surface area (TPSA) is 212 Å². The Morgan fingerprint density at radius 1 is 1.04 bits per heavy atom. The molecule has 0 saturated carbocycles. The van der Waals surface area contributed by atoms with Crippen molar-refractivity contribution in [1.29, 1.82) is 0 Å². The minimum Gasteiger partial charge on any atom is -0.508 e. The van der Waals surface area contributed by atoms with Crippen molar-refractivity contribution in [3.8, 4) is 35.4 Å². The van der Waals surface area contributed by atoms with E-state index in [2.05, 4.69) is 48.2 Å². The molecule has 5 fully saturated rings. The second kappa shape index (κ2) is 19.3. The van der Waals surface area contributed by atoms with Gasteiger partial charge in [0, 0.05) is 87.2 Å². The number of nitrogens with one attached hydrogen (secondary N) is 3. The van der Waals surface area contributed by atoms with Gasteiger partial charge in [-0.15, -0.1) is 6.42 Å². The molecule has 0 aliphatic carbocycles. The van der Waals surface area contributed by atoms with Crippen LogP contribution in [0.3, 0.4) is 0 Å². The number of pyridine rings is 1. The molecule has 0 radical (unpaired) electrons. The smallest absolute Gasteiger partial charge is 0.409 e. The lowest BCUT2D eigenvalue weighted by Gasteiger charge is -2.35. The fraction of sp³-hybridized carbons (Fsp3) is 0.407. The van der Waals surface area contributed by atoms with Crippen molar-refractivity contribution < 1.29 is 47.3 Å². The fourth-order valence-corrected chi connectivity index (χ4v) is 11.9. The van der Waals surface area contributed by atoms with Crippen LogP contribution in [0.15, 0.2) is 60.8 Å². The zero-order chi connectivity index (χ0) is 51.6. The number of terminal acetylenes is 1. The second-order valence-electron chi connectivity index (χ2n) is 20.3. The molecule has 74 heavy (non-hydrogen) atoms. The van der Waals surface area contributed by atoms with Crippen LogP contribution in [-0.2, 0) is 14.3 Å². The van der Waals surface area contributed by atoms with Gasteiger partial charge in [0.25, 0.3) is 11.8 Å². The molecule has 8 heterocycles. The maximum atomic E-state index is 17.2. The number of aromatic hydroxyl groups is 1. The van der Waals surface area contributed by atoms with Gasteiger partial charge in [-0.05, 0) is 87.1 Å². The Kier molecular flexibility index (Phi) is 12.6. The number of carbonyl (C=O) groups excluding carboxylic acids is 5. The third kappa shape index (κ3) is 8.66. The number of unbranched alkanes of at least 4 members (excludes halogenated alkanes) is 1. The maximum Gasteiger partial charge on any atom is 0.409 e. The summed E-state index contributed by atoms with van der Waals surface area (Å²) >= 11 is 0. The molecule has 5 aromatic rings. The summed E-state index contributed by atoms with van der Waals surface area (Å²) in [5.74, 6) is -1.06. The number of benzene rings is 3. The molecule has 5 atom stereocenters. The minimum absolute atomic E-state index is 0.0308. The maximum absolute atomic E-state index is 17.2. The SMILES string of the molecule is C#Cc1c(F)ccc2cc(O)cc(-c3ncc4c(N5CC6CCC(C5)N6)nc(OC[C@@]56CC[C@@H](COC(=O)N(C)CCCCNc7cccc8c7C(=O)N(C7CCC(=O)NC7=O)C8=O)N5CC(=C)C6)nc4c3F)c12. The number of phenolic OH excluding ortho intramolecular Hbond substituents is 1. The zero-order valence-electron chi connectivity index (χ0n) is 40.7. The molecule has 18 nitrogen and oxygen atoms in total. The van der Waals surface area contributed by atoms with Crippen LogP contribution in [-0.4, -0.2) is 147 Å². The summed E-state index contributed by atoms with van der Waals surface area (Å²) in [6.45, 7) is 7.28. The van der Waals surface area contributed by atoms with Gasteiger partial charge in [-0.1, -0.05) is 30.2 Å². The number of fused-ring (bicyclic) bond motifs is 6. The lowest BCUT2D eigenvalue weighted by Crippen LogP contribution is -2.54. The van der Waals surface area contributed by atoms with E-state index in [-0.39, 0.29) is 94.8 Å². The van der Waals surface area contributed by atoms with E-state index >= 15 is 8.78 Å². The number of hydrogen-bond donors (Lipinski definition) is 4. The lowest BCUT2D eigenvalue weighted by molar-refractivity contribution is -0.136. The highest BCUT2D eigenvalue weighted by Crippen LogP contribution is 2.45. The Morgan fingerprint density at radius 2 is 1.85 bits per heavy atom. The average molecular weight is 1010 g/mol. The molecule has 5 saturated heterocycles. The van der Waals surface area contributed by atoms with Crippen molar-refractivity contribution in [3.63, 3.8) is 0 Å². The van der Waals surface area contributed by atoms with Gasteiger partial charge >= 0.3 is 12.1 Å². The fourth-order valence-electron chi connectivity index (χ4n) is 11.9. The van der Waals surface area contributed by atoms with E-state index in [0.29, 0.717) is 80.7 Å². The number of hydrogen-bond acceptors (Lipinski definition) is 15. The Bertz CT molecular complexity index is 3250. The molecule has 11 rings (SSSR count). The predicted octanol–water partition coefficient (Wildman–Crippen LogP) is 5.65. The number of anilines is 2. The molecule has 3 unspecified atom stereocenters. The van der Waals surface area contributed by atoms with Crippen molar-refractivity contribution in [1.82, 2.24) is 40.3 Å². The summed E-state index contributed by atoms with van der Waals surface area (Å²) < 4.78 is 44.8. The first-order chi connectivity index (χ1) is 35.7. The second-order valence-corrected chi connectivity index (χ2v) is 20.3. The van der Waals surface area contributed by atoms with E-state index < -0.39 is 52.9 Å². The van der Waals surface area contributed by atoms with Gasteiger partial charge < -0.3 is 35.0 Å². The third-order valence-corrected chi connectivity index (χ3v) is 15.5. The molecule has 6 aliphatic heterocycles. The summed E-state index contributed by atoms with van der Waals surface area (Å²) in [5, 5.41) is 20.8. The Hall–Kier alpha value is -7.76. The van der Waals surface area contributed by atoms with Crippen molar-refractivity contribution in [2.75, 3.05) is 63.2 Å². The summed E-state index contributed by atoms with van der Waals surface area (Å²) in [7, 11) is 1.67. The van der Waals surface area contributed by atoms with Crippen molar-refractivity contribution >= 4 is 62.9 Å². The number of piperidine rings is 1. The summed E-state index contributed by atoms with van der Waals surface area (Å²) in [4.78, 5) is 85.2. The number of carbonyl (C=O) groups is 5.